The number of amides is 1. The van der Waals surface area contributed by atoms with Gasteiger partial charge in [-0.05, 0) is 30.3 Å². The highest BCUT2D eigenvalue weighted by Crippen LogP contribution is 2.27. The number of nitrogens with one attached hydrogen (secondary N) is 2. The third-order valence-corrected chi connectivity index (χ3v) is 5.81. The first-order valence-corrected chi connectivity index (χ1v) is 10.7. The molecule has 2 aromatic heterocycles. The average Bonchev–Trinajstić information content (AvgIpc) is 3.23. The van der Waals surface area contributed by atoms with Gasteiger partial charge in [-0.15, -0.1) is 0 Å². The highest BCUT2D eigenvalue weighted by atomic mass is 35.5. The van der Waals surface area contributed by atoms with Gasteiger partial charge in [0, 0.05) is 17.2 Å². The number of non-ortho nitro benzene ring substituents is 1. The predicted octanol–water partition coefficient (Wildman–Crippen LogP) is 4.05. The number of fused-ring (bicyclic) bond motifs is 1. The second-order valence-electron chi connectivity index (χ2n) is 6.40. The molecule has 0 atom stereocenters. The van der Waals surface area contributed by atoms with Crippen LogP contribution in [0.3, 0.4) is 0 Å². The summed E-state index contributed by atoms with van der Waals surface area (Å²) in [5.74, 6) is -0.542. The van der Waals surface area contributed by atoms with Crippen molar-refractivity contribution in [3.8, 4) is 5.69 Å². The number of aromatic nitrogens is 4. The Labute approximate surface area is 193 Å². The molecule has 0 saturated carbocycles. The van der Waals surface area contributed by atoms with E-state index in [0.29, 0.717) is 21.7 Å². The zero-order valence-corrected chi connectivity index (χ0v) is 18.2. The fourth-order valence-electron chi connectivity index (χ4n) is 2.82. The molecule has 0 aliphatic carbocycles. The maximum Gasteiger partial charge on any atom is 0.271 e. The van der Waals surface area contributed by atoms with E-state index in [1.54, 1.807) is 24.3 Å². The van der Waals surface area contributed by atoms with E-state index in [4.69, 9.17) is 23.2 Å². The van der Waals surface area contributed by atoms with E-state index >= 15 is 0 Å². The molecular weight excluding hydrogens is 479 g/mol. The minimum Gasteiger partial charge on any atom is -0.324 e. The minimum absolute atomic E-state index is 0.0348. The van der Waals surface area contributed by atoms with E-state index in [1.807, 2.05) is 0 Å². The number of thioether (sulfide) groups is 1. The highest BCUT2D eigenvalue weighted by Gasteiger charge is 2.17. The van der Waals surface area contributed by atoms with Crippen molar-refractivity contribution in [2.45, 2.75) is 5.16 Å². The number of carbonyl (C=O) groups excluding carboxylic acids is 1. The molecule has 0 spiro atoms. The summed E-state index contributed by atoms with van der Waals surface area (Å²) < 4.78 is 1.37. The maximum atomic E-state index is 13.0. The first-order valence-electron chi connectivity index (χ1n) is 8.92. The van der Waals surface area contributed by atoms with Crippen molar-refractivity contribution < 1.29 is 9.72 Å². The lowest BCUT2D eigenvalue weighted by Crippen LogP contribution is -2.22. The van der Waals surface area contributed by atoms with Gasteiger partial charge in [-0.1, -0.05) is 35.0 Å². The second-order valence-corrected chi connectivity index (χ2v) is 8.19. The number of hydrogen-bond donors (Lipinski definition) is 2. The van der Waals surface area contributed by atoms with Crippen LogP contribution in [0, 0.1) is 10.1 Å². The molecule has 2 N–H and O–H groups in total. The molecule has 0 radical (unpaired) electrons. The molecule has 0 aliphatic rings. The number of anilines is 1. The lowest BCUT2D eigenvalue weighted by Gasteiger charge is -2.12. The lowest BCUT2D eigenvalue weighted by molar-refractivity contribution is -0.384. The number of nitro groups is 1. The molecule has 32 heavy (non-hydrogen) atoms. The Balaban J connectivity index is 1.59. The van der Waals surface area contributed by atoms with E-state index in [-0.39, 0.29) is 32.9 Å². The van der Waals surface area contributed by atoms with Gasteiger partial charge in [0.2, 0.25) is 5.91 Å². The van der Waals surface area contributed by atoms with Gasteiger partial charge in [0.1, 0.15) is 5.39 Å². The van der Waals surface area contributed by atoms with Crippen LogP contribution in [0.15, 0.2) is 58.6 Å². The molecule has 1 amide bonds. The van der Waals surface area contributed by atoms with Gasteiger partial charge < -0.3 is 5.32 Å². The van der Waals surface area contributed by atoms with Gasteiger partial charge in [-0.25, -0.2) is 4.98 Å². The van der Waals surface area contributed by atoms with Gasteiger partial charge in [0.25, 0.3) is 11.2 Å². The summed E-state index contributed by atoms with van der Waals surface area (Å²) in [7, 11) is 0. The van der Waals surface area contributed by atoms with Crippen molar-refractivity contribution >= 4 is 63.3 Å². The molecule has 13 heteroatoms. The zero-order valence-electron chi connectivity index (χ0n) is 15.9. The molecule has 0 fully saturated rings. The second kappa shape index (κ2) is 8.99. The number of benzene rings is 2. The van der Waals surface area contributed by atoms with Crippen LogP contribution in [0.2, 0.25) is 10.0 Å². The first-order chi connectivity index (χ1) is 15.3. The van der Waals surface area contributed by atoms with Crippen LogP contribution < -0.4 is 10.9 Å². The Morgan fingerprint density at radius 2 is 1.97 bits per heavy atom. The molecule has 2 heterocycles. The van der Waals surface area contributed by atoms with Crippen molar-refractivity contribution in [3.63, 3.8) is 0 Å². The summed E-state index contributed by atoms with van der Waals surface area (Å²) in [6.07, 6.45) is 1.38. The van der Waals surface area contributed by atoms with Crippen LogP contribution in [-0.4, -0.2) is 36.3 Å². The van der Waals surface area contributed by atoms with Crippen molar-refractivity contribution in [3.05, 3.63) is 79.2 Å². The molecule has 0 unspecified atom stereocenters. The summed E-state index contributed by atoms with van der Waals surface area (Å²) in [6.45, 7) is 0. The van der Waals surface area contributed by atoms with Crippen molar-refractivity contribution in [1.29, 1.82) is 0 Å². The molecule has 4 rings (SSSR count). The van der Waals surface area contributed by atoms with Crippen LogP contribution in [0.4, 0.5) is 11.4 Å². The summed E-state index contributed by atoms with van der Waals surface area (Å²) in [4.78, 5) is 40.1. The molecule has 10 nitrogen and oxygen atoms in total. The van der Waals surface area contributed by atoms with Crippen LogP contribution in [-0.2, 0) is 4.79 Å². The Morgan fingerprint density at radius 1 is 1.22 bits per heavy atom. The molecule has 2 aromatic carbocycles. The third-order valence-electron chi connectivity index (χ3n) is 4.31. The highest BCUT2D eigenvalue weighted by molar-refractivity contribution is 7.99. The van der Waals surface area contributed by atoms with Crippen molar-refractivity contribution in [1.82, 2.24) is 19.7 Å². The SMILES string of the molecule is O=C(CSc1nc2[nH]ncc2c(=O)n1-c1ccc(Cl)cc1)Nc1ccc([N+](=O)[O-])cc1Cl. The molecule has 162 valence electrons. The van der Waals surface area contributed by atoms with E-state index in [1.165, 1.54) is 22.9 Å². The number of H-pyrrole nitrogens is 1. The van der Waals surface area contributed by atoms with Gasteiger partial charge in [-0.3, -0.25) is 29.4 Å². The van der Waals surface area contributed by atoms with E-state index < -0.39 is 10.8 Å². The van der Waals surface area contributed by atoms with E-state index in [0.717, 1.165) is 17.8 Å². The Morgan fingerprint density at radius 3 is 2.66 bits per heavy atom. The molecule has 0 aliphatic heterocycles. The summed E-state index contributed by atoms with van der Waals surface area (Å²) in [6, 6.07) is 10.3. The van der Waals surface area contributed by atoms with Crippen LogP contribution in [0.1, 0.15) is 0 Å². The van der Waals surface area contributed by atoms with E-state index in [9.17, 15) is 19.7 Å². The molecule has 4 aromatic rings. The summed E-state index contributed by atoms with van der Waals surface area (Å²) in [5, 5.41) is 21.0. The number of hydrogen-bond acceptors (Lipinski definition) is 7. The average molecular weight is 491 g/mol. The van der Waals surface area contributed by atoms with Crippen LogP contribution in [0.5, 0.6) is 0 Å². The predicted molar refractivity (Wildman–Crippen MR) is 122 cm³/mol. The Kier molecular flexibility index (Phi) is 6.12. The minimum atomic E-state index is -0.583. The standard InChI is InChI=1S/C19H12Cl2N6O4S/c20-10-1-3-11(4-2-10)26-18(29)13-8-22-25-17(13)24-19(26)32-9-16(28)23-15-6-5-12(27(30)31)7-14(15)21/h1-8H,9H2,(H,22,25)(H,23,28). The molecule has 0 saturated heterocycles. The fraction of sp³-hybridized carbons (Fsp3) is 0.0526. The van der Waals surface area contributed by atoms with Crippen molar-refractivity contribution in [2.24, 2.45) is 0 Å². The number of rotatable bonds is 6. The van der Waals surface area contributed by atoms with Crippen molar-refractivity contribution in [2.75, 3.05) is 11.1 Å². The van der Waals surface area contributed by atoms with Gasteiger partial charge in [0.05, 0.1) is 33.3 Å². The maximum absolute atomic E-state index is 13.0. The molecular formula is C19H12Cl2N6O4S. The largest absolute Gasteiger partial charge is 0.324 e. The number of nitro benzene ring substituents is 1. The van der Waals surface area contributed by atoms with Gasteiger partial charge >= 0.3 is 0 Å². The Bertz CT molecular complexity index is 1400. The quantitative estimate of drug-likeness (QED) is 0.180. The summed E-state index contributed by atoms with van der Waals surface area (Å²) in [5.41, 5.74) is 0.506. The number of aromatic amines is 1. The zero-order chi connectivity index (χ0) is 22.8. The van der Waals surface area contributed by atoms with Gasteiger partial charge in [-0.2, -0.15) is 5.10 Å². The Hall–Kier alpha value is -3.41. The fourth-order valence-corrected chi connectivity index (χ4v) is 3.98. The number of carbonyl (C=O) groups is 1. The van der Waals surface area contributed by atoms with Crippen LogP contribution >= 0.6 is 35.0 Å². The summed E-state index contributed by atoms with van der Waals surface area (Å²) >= 11 is 13.0. The number of halogens is 2. The molecule has 0 bridgehead atoms. The number of nitrogens with zero attached hydrogens (tertiary/aromatic N) is 4. The smallest absolute Gasteiger partial charge is 0.271 e. The lowest BCUT2D eigenvalue weighted by atomic mass is 10.3. The van der Waals surface area contributed by atoms with Crippen LogP contribution in [0.25, 0.3) is 16.7 Å². The van der Waals surface area contributed by atoms with E-state index in [2.05, 4.69) is 20.5 Å². The normalized spacial score (nSPS) is 10.9. The third kappa shape index (κ3) is 4.44. The topological polar surface area (TPSA) is 136 Å². The first kappa shape index (κ1) is 21.8. The van der Waals surface area contributed by atoms with Gasteiger partial charge in [0.15, 0.2) is 10.8 Å². The monoisotopic (exact) mass is 490 g/mol.